The van der Waals surface area contributed by atoms with Crippen LogP contribution in [0.4, 0.5) is 0 Å². The Labute approximate surface area is 340 Å². The summed E-state index contributed by atoms with van der Waals surface area (Å²) in [5.74, 6) is 0. The molecule has 0 spiro atoms. The number of nitrogens with zero attached hydrogens (tertiary/aromatic N) is 2. The Bertz CT molecular complexity index is 2290. The lowest BCUT2D eigenvalue weighted by atomic mass is 9.96. The smallest absolute Gasteiger partial charge is 0.137 e. The van der Waals surface area contributed by atoms with Crippen molar-refractivity contribution in [3.05, 3.63) is 123 Å². The highest BCUT2D eigenvalue weighted by Crippen LogP contribution is 2.38. The molecule has 3 aromatic carbocycles. The quantitative estimate of drug-likeness (QED) is 0.110. The maximum absolute atomic E-state index is 9.84. The summed E-state index contributed by atoms with van der Waals surface area (Å²) in [5, 5.41) is 63.4. The van der Waals surface area contributed by atoms with E-state index < -0.39 is 36.6 Å². The van der Waals surface area contributed by atoms with Gasteiger partial charge in [0.05, 0.1) is 54.8 Å². The molecule has 0 aliphatic carbocycles. The van der Waals surface area contributed by atoms with Crippen LogP contribution in [0.2, 0.25) is 0 Å². The predicted molar refractivity (Wildman–Crippen MR) is 224 cm³/mol. The minimum absolute atomic E-state index is 0.128. The molecule has 13 heteroatoms. The van der Waals surface area contributed by atoms with Crippen molar-refractivity contribution in [2.75, 3.05) is 19.8 Å². The number of thiophene rings is 1. The molecule has 11 nitrogen and oxygen atoms in total. The van der Waals surface area contributed by atoms with Crippen LogP contribution >= 0.6 is 23.6 Å². The van der Waals surface area contributed by atoms with Gasteiger partial charge in [0.25, 0.3) is 0 Å². The van der Waals surface area contributed by atoms with Crippen molar-refractivity contribution in [3.8, 4) is 0 Å². The number of hydrogen-bond acceptors (Lipinski definition) is 12. The van der Waals surface area contributed by atoms with Crippen molar-refractivity contribution in [1.82, 2.24) is 9.47 Å². The van der Waals surface area contributed by atoms with Crippen LogP contribution in [0.15, 0.2) is 91.1 Å². The molecule has 6 N–H and O–H groups in total. The third kappa shape index (κ3) is 8.80. The van der Waals surface area contributed by atoms with Crippen molar-refractivity contribution < 1.29 is 44.8 Å². The Morgan fingerprint density at radius 2 is 1.39 bits per heavy atom. The fourth-order valence-electron chi connectivity index (χ4n) is 7.84. The molecule has 3 saturated heterocycles. The molecule has 0 saturated carbocycles. The van der Waals surface area contributed by atoms with Crippen LogP contribution in [0.1, 0.15) is 58.7 Å². The molecule has 3 unspecified atom stereocenters. The highest BCUT2D eigenvalue weighted by molar-refractivity contribution is 7.71. The molecule has 0 amide bonds. The lowest BCUT2D eigenvalue weighted by Crippen LogP contribution is -2.30. The van der Waals surface area contributed by atoms with Gasteiger partial charge in [-0.1, -0.05) is 72.9 Å². The molecule has 9 atom stereocenters. The van der Waals surface area contributed by atoms with Crippen LogP contribution in [0.5, 0.6) is 0 Å². The van der Waals surface area contributed by atoms with Crippen LogP contribution in [0.25, 0.3) is 33.3 Å². The van der Waals surface area contributed by atoms with Gasteiger partial charge in [0, 0.05) is 37.0 Å². The number of ether oxygens (including phenoxy) is 3. The van der Waals surface area contributed by atoms with Gasteiger partial charge in [-0.05, 0) is 76.4 Å². The molecule has 6 heterocycles. The second-order valence-electron chi connectivity index (χ2n) is 14.9. The van der Waals surface area contributed by atoms with Crippen molar-refractivity contribution in [2.45, 2.75) is 88.3 Å². The highest BCUT2D eigenvalue weighted by Gasteiger charge is 2.38. The number of aliphatic hydroxyl groups excluding tert-OH is 6. The lowest BCUT2D eigenvalue weighted by molar-refractivity contribution is -0.0505. The summed E-state index contributed by atoms with van der Waals surface area (Å²) in [4.78, 5) is 3.06. The Morgan fingerprint density at radius 1 is 0.754 bits per heavy atom. The molecule has 0 radical (unpaired) electrons. The number of aryl methyl sites for hydroxylation is 2. The van der Waals surface area contributed by atoms with E-state index >= 15 is 0 Å². The highest BCUT2D eigenvalue weighted by atomic mass is 32.1. The molecule has 302 valence electrons. The van der Waals surface area contributed by atoms with Gasteiger partial charge in [0.2, 0.25) is 0 Å². The normalized spacial score (nSPS) is 28.0. The lowest BCUT2D eigenvalue weighted by Gasteiger charge is -2.31. The molecule has 2 aromatic heterocycles. The Hall–Kier alpha value is -3.83. The van der Waals surface area contributed by atoms with Gasteiger partial charge in [-0.3, -0.25) is 0 Å². The summed E-state index contributed by atoms with van der Waals surface area (Å²) in [7, 11) is 0. The molecule has 5 aromatic rings. The first kappa shape index (κ1) is 41.3. The topological polar surface area (TPSA) is 157 Å². The van der Waals surface area contributed by atoms with Gasteiger partial charge >= 0.3 is 0 Å². The van der Waals surface area contributed by atoms with Gasteiger partial charge < -0.3 is 54.3 Å². The summed E-state index contributed by atoms with van der Waals surface area (Å²) < 4.78 is 19.6. The number of aliphatic hydroxyl groups is 6. The fourth-order valence-corrected chi connectivity index (χ4v) is 9.07. The molecular formula is C44H50N2O9S2. The summed E-state index contributed by atoms with van der Waals surface area (Å²) in [6.45, 7) is 7.72. The predicted octanol–water partition coefficient (Wildman–Crippen LogP) is 6.12. The number of pyridine rings is 1. The average Bonchev–Trinajstić information content (AvgIpc) is 4.01. The molecule has 57 heavy (non-hydrogen) atoms. The maximum atomic E-state index is 9.84. The zero-order chi connectivity index (χ0) is 40.4. The van der Waals surface area contributed by atoms with E-state index in [9.17, 15) is 15.3 Å². The van der Waals surface area contributed by atoms with Crippen LogP contribution in [-0.4, -0.2) is 103 Å². The molecule has 4 aliphatic rings. The molecule has 3 fully saturated rings. The summed E-state index contributed by atoms with van der Waals surface area (Å²) in [6, 6.07) is 22.7. The molecule has 4 aliphatic heterocycles. The Balaban J connectivity index is 0.000000131. The number of benzene rings is 3. The van der Waals surface area contributed by atoms with Crippen LogP contribution in [0, 0.1) is 18.5 Å². The number of rotatable bonds is 6. The fraction of sp³-hybridized carbons (Fsp3) is 0.386. The van der Waals surface area contributed by atoms with Gasteiger partial charge in [-0.2, -0.15) is 0 Å². The molecular weight excluding hydrogens is 765 g/mol. The zero-order valence-electron chi connectivity index (χ0n) is 31.9. The first-order valence-electron chi connectivity index (χ1n) is 19.2. The second kappa shape index (κ2) is 18.0. The summed E-state index contributed by atoms with van der Waals surface area (Å²) in [6.07, 6.45) is 3.25. The molecule has 9 rings (SSSR count). The minimum Gasteiger partial charge on any atom is -0.394 e. The van der Waals surface area contributed by atoms with Crippen LogP contribution in [0.3, 0.4) is 0 Å². The second-order valence-corrected chi connectivity index (χ2v) is 16.2. The number of aromatic nitrogens is 1. The standard InChI is InChI=1S/C16H18O3.C15H17NO3S.C13H15NO3S/c1-10-6-11-4-2-3-5-12(11)7-13(10)15-8-14(18)16(9-17)19-15;1-9-2-3-11-10(6-9)4-5-16(15(11)20)14-7-12(18)13(8-17)19-14;1-8-13-9(3-5-18-13)2-4-14(8)12-6-10(16)11(7-15)17-12/h2-7,14-18H,8-9H2,1H3;2-6,12-14,17-18H,7-8H2,1H3;2-5,10-12,15-16H,1,6-7H2/t14?,15-,16-;12?,13-,14-;10?,11-,12-/m111/s1. The first-order chi connectivity index (χ1) is 27.5. The van der Waals surface area contributed by atoms with Crippen molar-refractivity contribution in [2.24, 2.45) is 0 Å². The van der Waals surface area contributed by atoms with E-state index in [2.05, 4.69) is 49.9 Å². The van der Waals surface area contributed by atoms with Crippen LogP contribution < -0.4 is 0 Å². The third-order valence-electron chi connectivity index (χ3n) is 11.0. The first-order valence-corrected chi connectivity index (χ1v) is 20.5. The van der Waals surface area contributed by atoms with Crippen molar-refractivity contribution >= 4 is 56.9 Å². The van der Waals surface area contributed by atoms with E-state index in [1.54, 1.807) is 11.3 Å². The maximum Gasteiger partial charge on any atom is 0.137 e. The Morgan fingerprint density at radius 3 is 2.05 bits per heavy atom. The Kier molecular flexibility index (Phi) is 13.0. The van der Waals surface area contributed by atoms with E-state index in [-0.39, 0.29) is 38.4 Å². The monoisotopic (exact) mass is 814 g/mol. The van der Waals surface area contributed by atoms with Gasteiger partial charge in [0.1, 0.15) is 35.4 Å². The van der Waals surface area contributed by atoms with Gasteiger partial charge in [0.15, 0.2) is 0 Å². The van der Waals surface area contributed by atoms with E-state index in [4.69, 9.17) is 41.7 Å². The van der Waals surface area contributed by atoms with Gasteiger partial charge in [-0.15, -0.1) is 11.3 Å². The zero-order valence-corrected chi connectivity index (χ0v) is 33.6. The summed E-state index contributed by atoms with van der Waals surface area (Å²) in [5.41, 5.74) is 5.51. The average molecular weight is 815 g/mol. The van der Waals surface area contributed by atoms with E-state index in [0.29, 0.717) is 23.9 Å². The largest absolute Gasteiger partial charge is 0.394 e. The third-order valence-corrected chi connectivity index (χ3v) is 12.5. The van der Waals surface area contributed by atoms with E-state index in [0.717, 1.165) is 32.5 Å². The van der Waals surface area contributed by atoms with Gasteiger partial charge in [-0.25, -0.2) is 0 Å². The van der Waals surface area contributed by atoms with E-state index in [1.165, 1.54) is 21.9 Å². The SMILES string of the molecule is C=C1c2sccc2C=CN1[C@H]1CC(O)[C@@H](CO)O1.Cc1cc2ccccc2cc1[C@H]1CC(O)[C@@H](CO)O1.Cc1ccc2c(=S)n([C@H]3CC(O)[C@@H](CO)O3)ccc2c1. The van der Waals surface area contributed by atoms with E-state index in [1.807, 2.05) is 70.6 Å². The molecule has 0 bridgehead atoms. The summed E-state index contributed by atoms with van der Waals surface area (Å²) >= 11 is 7.17. The minimum atomic E-state index is -0.652. The number of fused-ring (bicyclic) bond motifs is 3. The van der Waals surface area contributed by atoms with Crippen molar-refractivity contribution in [1.29, 1.82) is 0 Å². The van der Waals surface area contributed by atoms with Crippen molar-refractivity contribution in [3.63, 3.8) is 0 Å². The number of hydrogen-bond donors (Lipinski definition) is 6. The van der Waals surface area contributed by atoms with Crippen LogP contribution in [-0.2, 0) is 14.2 Å².